The fraction of sp³-hybridized carbons (Fsp3) is 0.471. The molecule has 0 unspecified atom stereocenters. The Kier molecular flexibility index (Phi) is 4.80. The van der Waals surface area contributed by atoms with Crippen molar-refractivity contribution >= 4 is 17.4 Å². The standard InChI is InChI=1S/C17H22N4O3/c1-2-13-5-6-14(11-16(13)21(23)24)18-17(22)20-10-7-15(12-20)19-8-3-4-9-19/h3-6,11,15H,2,7-10,12H2,1H3,(H,18,22)/t15-/m1/s1. The number of nitro benzene ring substituents is 1. The van der Waals surface area contributed by atoms with E-state index in [0.29, 0.717) is 36.8 Å². The summed E-state index contributed by atoms with van der Waals surface area (Å²) in [5, 5.41) is 13.9. The fourth-order valence-corrected chi connectivity index (χ4v) is 3.33. The van der Waals surface area contributed by atoms with Crippen molar-refractivity contribution in [3.8, 4) is 0 Å². The molecular formula is C17H22N4O3. The van der Waals surface area contributed by atoms with E-state index in [2.05, 4.69) is 22.4 Å². The minimum atomic E-state index is -0.402. The van der Waals surface area contributed by atoms with E-state index < -0.39 is 4.92 Å². The van der Waals surface area contributed by atoms with Gasteiger partial charge in [0.15, 0.2) is 0 Å². The highest BCUT2D eigenvalue weighted by molar-refractivity contribution is 5.90. The second-order valence-electron chi connectivity index (χ2n) is 6.20. The molecule has 128 valence electrons. The van der Waals surface area contributed by atoms with Gasteiger partial charge in [0.1, 0.15) is 0 Å². The van der Waals surface area contributed by atoms with Crippen LogP contribution in [0.1, 0.15) is 18.9 Å². The molecule has 2 aliphatic rings. The predicted molar refractivity (Wildman–Crippen MR) is 92.2 cm³/mol. The van der Waals surface area contributed by atoms with Crippen LogP contribution in [0.15, 0.2) is 30.4 Å². The van der Waals surface area contributed by atoms with Crippen LogP contribution in [0.2, 0.25) is 0 Å². The molecule has 0 spiro atoms. The van der Waals surface area contributed by atoms with Crippen LogP contribution in [0.25, 0.3) is 0 Å². The fourth-order valence-electron chi connectivity index (χ4n) is 3.33. The number of hydrogen-bond acceptors (Lipinski definition) is 4. The predicted octanol–water partition coefficient (Wildman–Crippen LogP) is 2.64. The Bertz CT molecular complexity index is 666. The van der Waals surface area contributed by atoms with Crippen LogP contribution in [-0.2, 0) is 6.42 Å². The molecule has 0 saturated carbocycles. The Morgan fingerprint density at radius 2 is 2.12 bits per heavy atom. The van der Waals surface area contributed by atoms with Crippen molar-refractivity contribution in [2.45, 2.75) is 25.8 Å². The Morgan fingerprint density at radius 1 is 1.38 bits per heavy atom. The van der Waals surface area contributed by atoms with E-state index >= 15 is 0 Å². The van der Waals surface area contributed by atoms with Gasteiger partial charge in [-0.2, -0.15) is 0 Å². The number of rotatable bonds is 4. The number of nitrogens with one attached hydrogen (secondary N) is 1. The topological polar surface area (TPSA) is 78.7 Å². The first-order valence-corrected chi connectivity index (χ1v) is 8.30. The van der Waals surface area contributed by atoms with Crippen molar-refractivity contribution in [1.82, 2.24) is 9.80 Å². The van der Waals surface area contributed by atoms with E-state index in [1.807, 2.05) is 6.92 Å². The molecule has 7 heteroatoms. The van der Waals surface area contributed by atoms with Gasteiger partial charge in [0.05, 0.1) is 4.92 Å². The molecule has 2 heterocycles. The zero-order chi connectivity index (χ0) is 17.1. The molecule has 1 saturated heterocycles. The Labute approximate surface area is 141 Å². The molecule has 3 rings (SSSR count). The highest BCUT2D eigenvalue weighted by Crippen LogP contribution is 2.25. The summed E-state index contributed by atoms with van der Waals surface area (Å²) >= 11 is 0. The first-order valence-electron chi connectivity index (χ1n) is 8.30. The van der Waals surface area contributed by atoms with Gasteiger partial charge in [-0.15, -0.1) is 0 Å². The van der Waals surface area contributed by atoms with Crippen LogP contribution in [0.3, 0.4) is 0 Å². The van der Waals surface area contributed by atoms with Gasteiger partial charge in [-0.25, -0.2) is 4.79 Å². The lowest BCUT2D eigenvalue weighted by molar-refractivity contribution is -0.385. The molecule has 1 aromatic carbocycles. The largest absolute Gasteiger partial charge is 0.323 e. The molecule has 1 atom stereocenters. The maximum absolute atomic E-state index is 12.4. The average Bonchev–Trinajstić information content (AvgIpc) is 3.25. The monoisotopic (exact) mass is 330 g/mol. The molecule has 24 heavy (non-hydrogen) atoms. The zero-order valence-electron chi connectivity index (χ0n) is 13.8. The van der Waals surface area contributed by atoms with E-state index in [1.54, 1.807) is 17.0 Å². The summed E-state index contributed by atoms with van der Waals surface area (Å²) in [7, 11) is 0. The molecule has 2 aliphatic heterocycles. The summed E-state index contributed by atoms with van der Waals surface area (Å²) in [5.74, 6) is 0. The lowest BCUT2D eigenvalue weighted by atomic mass is 10.1. The van der Waals surface area contributed by atoms with Gasteiger partial charge in [-0.05, 0) is 18.9 Å². The third kappa shape index (κ3) is 3.41. The van der Waals surface area contributed by atoms with E-state index in [9.17, 15) is 14.9 Å². The Balaban J connectivity index is 1.63. The van der Waals surface area contributed by atoms with E-state index in [-0.39, 0.29) is 11.7 Å². The highest BCUT2D eigenvalue weighted by Gasteiger charge is 2.30. The van der Waals surface area contributed by atoms with Gasteiger partial charge in [0.2, 0.25) is 0 Å². The van der Waals surface area contributed by atoms with Gasteiger partial charge in [0, 0.05) is 49.5 Å². The first-order chi connectivity index (χ1) is 11.6. The van der Waals surface area contributed by atoms with Crippen molar-refractivity contribution < 1.29 is 9.72 Å². The van der Waals surface area contributed by atoms with Crippen molar-refractivity contribution in [2.24, 2.45) is 0 Å². The van der Waals surface area contributed by atoms with Crippen LogP contribution in [0.5, 0.6) is 0 Å². The SMILES string of the molecule is CCc1ccc(NC(=O)N2CC[C@@H](N3CC=CC3)C2)cc1[N+](=O)[O-]. The number of benzene rings is 1. The Hall–Kier alpha value is -2.41. The molecule has 0 aromatic heterocycles. The minimum absolute atomic E-state index is 0.0535. The highest BCUT2D eigenvalue weighted by atomic mass is 16.6. The molecule has 1 aromatic rings. The normalized spacial score (nSPS) is 20.5. The number of hydrogen-bond donors (Lipinski definition) is 1. The number of nitro groups is 1. The number of anilines is 1. The molecule has 0 aliphatic carbocycles. The van der Waals surface area contributed by atoms with E-state index in [1.165, 1.54) is 6.07 Å². The van der Waals surface area contributed by atoms with Crippen LogP contribution >= 0.6 is 0 Å². The number of aryl methyl sites for hydroxylation is 1. The molecule has 1 fully saturated rings. The van der Waals surface area contributed by atoms with Gasteiger partial charge >= 0.3 is 6.03 Å². The summed E-state index contributed by atoms with van der Waals surface area (Å²) < 4.78 is 0. The number of urea groups is 1. The summed E-state index contributed by atoms with van der Waals surface area (Å²) in [4.78, 5) is 27.3. The number of carbonyl (C=O) groups is 1. The zero-order valence-corrected chi connectivity index (χ0v) is 13.8. The van der Waals surface area contributed by atoms with Crippen LogP contribution in [0.4, 0.5) is 16.2 Å². The van der Waals surface area contributed by atoms with Crippen LogP contribution in [0, 0.1) is 10.1 Å². The number of likely N-dealkylation sites (tertiary alicyclic amines) is 1. The van der Waals surface area contributed by atoms with Crippen molar-refractivity contribution in [2.75, 3.05) is 31.5 Å². The molecule has 7 nitrogen and oxygen atoms in total. The summed E-state index contributed by atoms with van der Waals surface area (Å²) in [6.45, 7) is 5.18. The molecule has 0 radical (unpaired) electrons. The maximum Gasteiger partial charge on any atom is 0.321 e. The van der Waals surface area contributed by atoms with Crippen molar-refractivity contribution in [3.63, 3.8) is 0 Å². The second kappa shape index (κ2) is 7.00. The maximum atomic E-state index is 12.4. The third-order valence-electron chi connectivity index (χ3n) is 4.73. The van der Waals surface area contributed by atoms with Crippen molar-refractivity contribution in [3.05, 3.63) is 46.0 Å². The summed E-state index contributed by atoms with van der Waals surface area (Å²) in [6, 6.07) is 5.07. The number of carbonyl (C=O) groups excluding carboxylic acids is 1. The van der Waals surface area contributed by atoms with Gasteiger partial charge < -0.3 is 10.2 Å². The van der Waals surface area contributed by atoms with Gasteiger partial charge in [-0.3, -0.25) is 15.0 Å². The van der Waals surface area contributed by atoms with E-state index in [4.69, 9.17) is 0 Å². The smallest absolute Gasteiger partial charge is 0.321 e. The van der Waals surface area contributed by atoms with Crippen LogP contribution in [-0.4, -0.2) is 53.0 Å². The molecule has 1 N–H and O–H groups in total. The number of amides is 2. The molecule has 2 amide bonds. The van der Waals surface area contributed by atoms with Gasteiger partial charge in [0.25, 0.3) is 5.69 Å². The van der Waals surface area contributed by atoms with Gasteiger partial charge in [-0.1, -0.05) is 25.1 Å². The minimum Gasteiger partial charge on any atom is -0.323 e. The molecule has 0 bridgehead atoms. The summed E-state index contributed by atoms with van der Waals surface area (Å²) in [5.41, 5.74) is 1.19. The lowest BCUT2D eigenvalue weighted by Crippen LogP contribution is -2.38. The van der Waals surface area contributed by atoms with Crippen molar-refractivity contribution in [1.29, 1.82) is 0 Å². The van der Waals surface area contributed by atoms with Crippen LogP contribution < -0.4 is 5.32 Å². The Morgan fingerprint density at radius 3 is 2.79 bits per heavy atom. The quantitative estimate of drug-likeness (QED) is 0.523. The first kappa shape index (κ1) is 16.4. The average molecular weight is 330 g/mol. The number of nitrogens with zero attached hydrogens (tertiary/aromatic N) is 3. The molecular weight excluding hydrogens is 308 g/mol. The lowest BCUT2D eigenvalue weighted by Gasteiger charge is -2.23. The van der Waals surface area contributed by atoms with E-state index in [0.717, 1.165) is 19.5 Å². The summed E-state index contributed by atoms with van der Waals surface area (Å²) in [6.07, 6.45) is 5.85. The second-order valence-corrected chi connectivity index (χ2v) is 6.20. The third-order valence-corrected chi connectivity index (χ3v) is 4.73.